The van der Waals surface area contributed by atoms with Crippen molar-refractivity contribution in [1.82, 2.24) is 4.40 Å². The van der Waals surface area contributed by atoms with Gasteiger partial charge in [0.2, 0.25) is 0 Å². The van der Waals surface area contributed by atoms with Crippen molar-refractivity contribution in [1.29, 1.82) is 0 Å². The number of aryl methyl sites for hydroxylation is 1. The van der Waals surface area contributed by atoms with Crippen molar-refractivity contribution in [2.24, 2.45) is 11.7 Å². The maximum absolute atomic E-state index is 15.0. The summed E-state index contributed by atoms with van der Waals surface area (Å²) in [6.07, 6.45) is -2.04. The number of aromatic carboxylic acids is 1. The molecule has 0 spiro atoms. The quantitative estimate of drug-likeness (QED) is 0.756. The molecule has 3 heterocycles. The Morgan fingerprint density at radius 1 is 1.28 bits per heavy atom. The minimum absolute atomic E-state index is 0.0309. The van der Waals surface area contributed by atoms with Crippen LogP contribution >= 0.6 is 0 Å². The van der Waals surface area contributed by atoms with E-state index in [4.69, 9.17) is 5.73 Å². The molecule has 0 radical (unpaired) electrons. The average Bonchev–Trinajstić information content (AvgIpc) is 3.37. The van der Waals surface area contributed by atoms with E-state index in [2.05, 4.69) is 0 Å². The van der Waals surface area contributed by atoms with Crippen molar-refractivity contribution in [3.63, 3.8) is 0 Å². The van der Waals surface area contributed by atoms with Gasteiger partial charge in [-0.05, 0) is 42.9 Å². The van der Waals surface area contributed by atoms with Gasteiger partial charge in [-0.3, -0.25) is 9.20 Å². The maximum atomic E-state index is 15.0. The molecule has 4 rings (SSSR count). The molecule has 3 N–H and O–H groups in total. The van der Waals surface area contributed by atoms with E-state index in [0.717, 1.165) is 23.4 Å². The largest absolute Gasteiger partial charge is 0.477 e. The number of aromatic nitrogens is 1. The van der Waals surface area contributed by atoms with E-state index in [1.54, 1.807) is 0 Å². The third kappa shape index (κ3) is 3.15. The molecule has 6 nitrogen and oxygen atoms in total. The lowest BCUT2D eigenvalue weighted by atomic mass is 10.0. The van der Waals surface area contributed by atoms with Crippen LogP contribution in [0.15, 0.2) is 17.1 Å². The summed E-state index contributed by atoms with van der Waals surface area (Å²) in [4.78, 5) is 25.3. The number of halogens is 4. The van der Waals surface area contributed by atoms with Gasteiger partial charge < -0.3 is 15.7 Å². The standard InChI is InChI=1S/C19H19F4N3O3/c1-8-15-10(9-2-3-9)4-11(18(28)29)17(27)26(15)6-13(20)16(8)25-5-12(14(24)7-25)19(21,22)23/h4,6,9,12,14H,2-3,5,7,24H2,1H3,(H,28,29)/t12-,14-/m1/s1. The first kappa shape index (κ1) is 19.7. The first-order chi connectivity index (χ1) is 13.5. The number of carboxylic acids is 1. The van der Waals surface area contributed by atoms with Crippen molar-refractivity contribution >= 4 is 17.2 Å². The summed E-state index contributed by atoms with van der Waals surface area (Å²) in [5.41, 5.74) is 5.54. The first-order valence-corrected chi connectivity index (χ1v) is 9.19. The number of nitrogens with zero attached hydrogens (tertiary/aromatic N) is 2. The second kappa shape index (κ2) is 6.45. The minimum atomic E-state index is -4.50. The molecule has 0 bridgehead atoms. The Morgan fingerprint density at radius 2 is 1.93 bits per heavy atom. The fourth-order valence-corrected chi connectivity index (χ4v) is 4.25. The highest BCUT2D eigenvalue weighted by Gasteiger charge is 2.49. The van der Waals surface area contributed by atoms with Gasteiger partial charge in [0, 0.05) is 19.1 Å². The number of pyridine rings is 2. The molecule has 2 fully saturated rings. The molecular formula is C19H19F4N3O3. The first-order valence-electron chi connectivity index (χ1n) is 9.19. The number of anilines is 1. The van der Waals surface area contributed by atoms with Crippen molar-refractivity contribution in [2.45, 2.75) is 37.9 Å². The molecule has 1 aliphatic heterocycles. The van der Waals surface area contributed by atoms with Crippen LogP contribution in [0.4, 0.5) is 23.2 Å². The number of carboxylic acid groups (broad SMARTS) is 1. The highest BCUT2D eigenvalue weighted by atomic mass is 19.4. The van der Waals surface area contributed by atoms with E-state index >= 15 is 0 Å². The van der Waals surface area contributed by atoms with Gasteiger partial charge in [0.05, 0.1) is 23.3 Å². The van der Waals surface area contributed by atoms with Gasteiger partial charge in [-0.2, -0.15) is 13.2 Å². The van der Waals surface area contributed by atoms with Gasteiger partial charge in [-0.25, -0.2) is 9.18 Å². The average molecular weight is 413 g/mol. The Morgan fingerprint density at radius 3 is 2.45 bits per heavy atom. The molecule has 2 aromatic heterocycles. The third-order valence-electron chi connectivity index (χ3n) is 5.79. The zero-order valence-corrected chi connectivity index (χ0v) is 15.5. The van der Waals surface area contributed by atoms with Crippen LogP contribution in [0.3, 0.4) is 0 Å². The highest BCUT2D eigenvalue weighted by Crippen LogP contribution is 2.44. The molecule has 156 valence electrons. The summed E-state index contributed by atoms with van der Waals surface area (Å²) in [5.74, 6) is -4.05. The highest BCUT2D eigenvalue weighted by molar-refractivity contribution is 5.89. The van der Waals surface area contributed by atoms with Gasteiger partial charge in [-0.15, -0.1) is 0 Å². The Bertz CT molecular complexity index is 1080. The summed E-state index contributed by atoms with van der Waals surface area (Å²) in [5, 5.41) is 9.32. The van der Waals surface area contributed by atoms with Crippen molar-refractivity contribution in [2.75, 3.05) is 18.0 Å². The molecule has 2 aliphatic rings. The molecule has 0 aromatic carbocycles. The zero-order valence-electron chi connectivity index (χ0n) is 15.5. The van der Waals surface area contributed by atoms with Crippen LogP contribution in [0.5, 0.6) is 0 Å². The molecule has 10 heteroatoms. The Labute approximate surface area is 162 Å². The number of rotatable bonds is 3. The van der Waals surface area contributed by atoms with Gasteiger partial charge >= 0.3 is 12.1 Å². The summed E-state index contributed by atoms with van der Waals surface area (Å²) >= 11 is 0. The van der Waals surface area contributed by atoms with E-state index in [1.165, 1.54) is 17.9 Å². The van der Waals surface area contributed by atoms with E-state index < -0.39 is 47.6 Å². The SMILES string of the molecule is Cc1c(N2C[C@@H](N)[C@H](C(F)(F)F)C2)c(F)cn2c(=O)c(C(=O)O)cc(C3CC3)c12. The van der Waals surface area contributed by atoms with Crippen molar-refractivity contribution < 1.29 is 27.5 Å². The summed E-state index contributed by atoms with van der Waals surface area (Å²) < 4.78 is 55.5. The topological polar surface area (TPSA) is 88.0 Å². The van der Waals surface area contributed by atoms with E-state index in [9.17, 15) is 32.3 Å². The van der Waals surface area contributed by atoms with Crippen molar-refractivity contribution in [3.05, 3.63) is 45.1 Å². The summed E-state index contributed by atoms with van der Waals surface area (Å²) in [6.45, 7) is 0.884. The van der Waals surface area contributed by atoms with Gasteiger partial charge in [-0.1, -0.05) is 0 Å². The van der Waals surface area contributed by atoms with Crippen LogP contribution in [0.1, 0.15) is 40.2 Å². The van der Waals surface area contributed by atoms with Crippen LogP contribution in [0, 0.1) is 18.7 Å². The molecular weight excluding hydrogens is 394 g/mol. The normalized spacial score (nSPS) is 22.5. The van der Waals surface area contributed by atoms with Crippen LogP contribution < -0.4 is 16.2 Å². The summed E-state index contributed by atoms with van der Waals surface area (Å²) in [7, 11) is 0. The fourth-order valence-electron chi connectivity index (χ4n) is 4.25. The zero-order chi connectivity index (χ0) is 21.2. The van der Waals surface area contributed by atoms with Crippen LogP contribution in [0.25, 0.3) is 5.52 Å². The number of fused-ring (bicyclic) bond motifs is 1. The molecule has 2 atom stereocenters. The van der Waals surface area contributed by atoms with Gasteiger partial charge in [0.25, 0.3) is 5.56 Å². The minimum Gasteiger partial charge on any atom is -0.477 e. The number of hydrogen-bond donors (Lipinski definition) is 2. The van der Waals surface area contributed by atoms with Gasteiger partial charge in [0.15, 0.2) is 5.82 Å². The fraction of sp³-hybridized carbons (Fsp3) is 0.474. The molecule has 2 aromatic rings. The lowest BCUT2D eigenvalue weighted by Crippen LogP contribution is -2.38. The lowest BCUT2D eigenvalue weighted by molar-refractivity contribution is -0.171. The molecule has 1 saturated heterocycles. The lowest BCUT2D eigenvalue weighted by Gasteiger charge is -2.24. The Balaban J connectivity index is 1.92. The molecule has 29 heavy (non-hydrogen) atoms. The van der Waals surface area contributed by atoms with Crippen LogP contribution in [-0.4, -0.2) is 40.8 Å². The monoisotopic (exact) mass is 413 g/mol. The number of nitrogens with two attached hydrogens (primary N) is 1. The van der Waals surface area contributed by atoms with Crippen LogP contribution in [0.2, 0.25) is 0 Å². The molecule has 0 unspecified atom stereocenters. The smallest absolute Gasteiger partial charge is 0.395 e. The Hall–Kier alpha value is -2.62. The van der Waals surface area contributed by atoms with E-state index in [0.29, 0.717) is 16.6 Å². The number of alkyl halides is 3. The molecule has 1 saturated carbocycles. The second-order valence-corrected chi connectivity index (χ2v) is 7.78. The van der Waals surface area contributed by atoms with Crippen molar-refractivity contribution in [3.8, 4) is 0 Å². The number of hydrogen-bond acceptors (Lipinski definition) is 4. The Kier molecular flexibility index (Phi) is 4.38. The summed E-state index contributed by atoms with van der Waals surface area (Å²) in [6, 6.07) is 0.116. The number of carbonyl (C=O) groups is 1. The van der Waals surface area contributed by atoms with E-state index in [1.807, 2.05) is 0 Å². The van der Waals surface area contributed by atoms with Gasteiger partial charge in [0.1, 0.15) is 5.56 Å². The maximum Gasteiger partial charge on any atom is 0.395 e. The predicted octanol–water partition coefficient (Wildman–Crippen LogP) is 2.65. The third-order valence-corrected chi connectivity index (χ3v) is 5.79. The second-order valence-electron chi connectivity index (χ2n) is 7.78. The molecule has 1 aliphatic carbocycles. The van der Waals surface area contributed by atoms with Crippen LogP contribution in [-0.2, 0) is 0 Å². The predicted molar refractivity (Wildman–Crippen MR) is 97.0 cm³/mol. The van der Waals surface area contributed by atoms with E-state index in [-0.39, 0.29) is 18.2 Å². The molecule has 0 amide bonds.